The van der Waals surface area contributed by atoms with E-state index in [4.69, 9.17) is 0 Å². The van der Waals surface area contributed by atoms with Crippen molar-refractivity contribution >= 4 is 5.91 Å². The van der Waals surface area contributed by atoms with Crippen LogP contribution >= 0.6 is 0 Å². The molecule has 2 fully saturated rings. The van der Waals surface area contributed by atoms with Gasteiger partial charge < -0.3 is 5.32 Å². The monoisotopic (exact) mass is 238 g/mol. The summed E-state index contributed by atoms with van der Waals surface area (Å²) in [6.45, 7) is 4.37. The van der Waals surface area contributed by atoms with Gasteiger partial charge in [0, 0.05) is 6.04 Å². The Bertz CT molecular complexity index is 249. The second-order valence-corrected chi connectivity index (χ2v) is 5.54. The van der Waals surface area contributed by atoms with E-state index < -0.39 is 0 Å². The fourth-order valence-corrected chi connectivity index (χ4v) is 3.22. The summed E-state index contributed by atoms with van der Waals surface area (Å²) in [6, 6.07) is 0.622. The van der Waals surface area contributed by atoms with Gasteiger partial charge in [-0.05, 0) is 45.2 Å². The third kappa shape index (κ3) is 3.44. The van der Waals surface area contributed by atoms with Crippen molar-refractivity contribution < 1.29 is 4.79 Å². The maximum absolute atomic E-state index is 12.2. The Morgan fingerprint density at radius 3 is 2.65 bits per heavy atom. The summed E-state index contributed by atoms with van der Waals surface area (Å²) in [6.07, 6.45) is 9.67. The zero-order valence-electron chi connectivity index (χ0n) is 11.1. The number of rotatable bonds is 4. The fourth-order valence-electron chi connectivity index (χ4n) is 3.22. The molecule has 17 heavy (non-hydrogen) atoms. The van der Waals surface area contributed by atoms with Crippen LogP contribution in [0.4, 0.5) is 0 Å². The van der Waals surface area contributed by atoms with Crippen molar-refractivity contribution in [3.8, 4) is 0 Å². The Hall–Kier alpha value is -0.570. The van der Waals surface area contributed by atoms with Gasteiger partial charge in [-0.3, -0.25) is 9.69 Å². The molecule has 1 atom stereocenters. The van der Waals surface area contributed by atoms with Crippen molar-refractivity contribution in [1.29, 1.82) is 0 Å². The summed E-state index contributed by atoms with van der Waals surface area (Å²) >= 11 is 0. The summed E-state index contributed by atoms with van der Waals surface area (Å²) in [5.74, 6) is 0.294. The van der Waals surface area contributed by atoms with Crippen LogP contribution in [0.25, 0.3) is 0 Å². The van der Waals surface area contributed by atoms with Crippen LogP contribution in [0.5, 0.6) is 0 Å². The molecular formula is C14H26N2O. The molecule has 0 aromatic carbocycles. The van der Waals surface area contributed by atoms with Crippen molar-refractivity contribution in [2.24, 2.45) is 0 Å². The van der Waals surface area contributed by atoms with Crippen LogP contribution < -0.4 is 5.32 Å². The van der Waals surface area contributed by atoms with Crippen LogP contribution in [0, 0.1) is 0 Å². The largest absolute Gasteiger partial charge is 0.352 e. The van der Waals surface area contributed by atoms with E-state index in [0.717, 1.165) is 25.9 Å². The molecular weight excluding hydrogens is 212 g/mol. The topological polar surface area (TPSA) is 32.3 Å². The molecule has 2 aliphatic rings. The van der Waals surface area contributed by atoms with Crippen LogP contribution in [0.15, 0.2) is 0 Å². The number of nitrogens with zero attached hydrogens (tertiary/aromatic N) is 1. The lowest BCUT2D eigenvalue weighted by atomic mass is 9.95. The molecule has 0 spiro atoms. The second-order valence-electron chi connectivity index (χ2n) is 5.54. The van der Waals surface area contributed by atoms with E-state index in [2.05, 4.69) is 17.1 Å². The van der Waals surface area contributed by atoms with Gasteiger partial charge in [-0.1, -0.05) is 26.2 Å². The summed E-state index contributed by atoms with van der Waals surface area (Å²) in [4.78, 5) is 14.6. The van der Waals surface area contributed by atoms with E-state index in [1.165, 1.54) is 38.5 Å². The molecule has 3 nitrogen and oxygen atoms in total. The predicted molar refractivity (Wildman–Crippen MR) is 69.9 cm³/mol. The van der Waals surface area contributed by atoms with Crippen LogP contribution in [0.2, 0.25) is 0 Å². The van der Waals surface area contributed by atoms with Gasteiger partial charge in [-0.25, -0.2) is 0 Å². The minimum absolute atomic E-state index is 0.164. The van der Waals surface area contributed by atoms with Crippen molar-refractivity contribution in [3.63, 3.8) is 0 Å². The zero-order valence-corrected chi connectivity index (χ0v) is 11.1. The fraction of sp³-hybridized carbons (Fsp3) is 0.929. The zero-order chi connectivity index (χ0) is 12.1. The smallest absolute Gasteiger partial charge is 0.237 e. The maximum Gasteiger partial charge on any atom is 0.237 e. The molecule has 1 heterocycles. The van der Waals surface area contributed by atoms with E-state index in [0.29, 0.717) is 11.9 Å². The molecule has 0 radical (unpaired) electrons. The Balaban J connectivity index is 1.81. The Morgan fingerprint density at radius 2 is 1.94 bits per heavy atom. The number of amides is 1. The molecule has 1 aliphatic carbocycles. The lowest BCUT2D eigenvalue weighted by Crippen LogP contribution is -2.47. The molecule has 2 rings (SSSR count). The highest BCUT2D eigenvalue weighted by atomic mass is 16.2. The number of likely N-dealkylation sites (tertiary alicyclic amines) is 1. The summed E-state index contributed by atoms with van der Waals surface area (Å²) in [5, 5.41) is 3.27. The highest BCUT2D eigenvalue weighted by Crippen LogP contribution is 2.20. The first-order valence-electron chi connectivity index (χ1n) is 7.35. The average Bonchev–Trinajstić information content (AvgIpc) is 2.79. The van der Waals surface area contributed by atoms with Crippen LogP contribution in [0.1, 0.15) is 58.3 Å². The predicted octanol–water partition coefficient (Wildman–Crippen LogP) is 2.31. The third-order valence-corrected chi connectivity index (χ3v) is 4.13. The molecule has 1 saturated carbocycles. The first kappa shape index (κ1) is 12.9. The number of carbonyl (C=O) groups excluding carboxylic acids is 1. The molecule has 1 N–H and O–H groups in total. The summed E-state index contributed by atoms with van der Waals surface area (Å²) in [5.41, 5.74) is 0. The van der Waals surface area contributed by atoms with E-state index >= 15 is 0 Å². The highest BCUT2D eigenvalue weighted by molar-refractivity contribution is 5.82. The quantitative estimate of drug-likeness (QED) is 0.815. The van der Waals surface area contributed by atoms with E-state index in [9.17, 15) is 4.79 Å². The van der Waals surface area contributed by atoms with Gasteiger partial charge in [-0.2, -0.15) is 0 Å². The SMILES string of the molecule is CCCN1CCCC1C(=O)NC1CCCCC1. The molecule has 1 aliphatic heterocycles. The number of hydrogen-bond donors (Lipinski definition) is 1. The van der Waals surface area contributed by atoms with Crippen molar-refractivity contribution in [1.82, 2.24) is 10.2 Å². The third-order valence-electron chi connectivity index (χ3n) is 4.13. The summed E-state index contributed by atoms with van der Waals surface area (Å²) < 4.78 is 0. The molecule has 1 unspecified atom stereocenters. The van der Waals surface area contributed by atoms with E-state index in [1.54, 1.807) is 0 Å². The standard InChI is InChI=1S/C14H26N2O/c1-2-10-16-11-6-9-13(16)14(17)15-12-7-4-3-5-8-12/h12-13H,2-11H2,1H3,(H,15,17). The minimum Gasteiger partial charge on any atom is -0.352 e. The second kappa shape index (κ2) is 6.39. The average molecular weight is 238 g/mol. The molecule has 3 heteroatoms. The molecule has 1 saturated heterocycles. The van der Waals surface area contributed by atoms with Crippen molar-refractivity contribution in [2.75, 3.05) is 13.1 Å². The number of nitrogens with one attached hydrogen (secondary N) is 1. The Labute approximate surface area is 105 Å². The normalized spacial score (nSPS) is 27.2. The Morgan fingerprint density at radius 1 is 1.18 bits per heavy atom. The van der Waals surface area contributed by atoms with Gasteiger partial charge >= 0.3 is 0 Å². The van der Waals surface area contributed by atoms with Crippen LogP contribution in [-0.2, 0) is 4.79 Å². The van der Waals surface area contributed by atoms with Gasteiger partial charge in [0.2, 0.25) is 5.91 Å². The Kier molecular flexibility index (Phi) is 4.84. The van der Waals surface area contributed by atoms with Gasteiger partial charge in [0.25, 0.3) is 0 Å². The minimum atomic E-state index is 0.164. The summed E-state index contributed by atoms with van der Waals surface area (Å²) in [7, 11) is 0. The lowest BCUT2D eigenvalue weighted by molar-refractivity contribution is -0.126. The van der Waals surface area contributed by atoms with Gasteiger partial charge in [0.05, 0.1) is 6.04 Å². The molecule has 0 bridgehead atoms. The molecule has 0 aromatic rings. The number of hydrogen-bond acceptors (Lipinski definition) is 2. The van der Waals surface area contributed by atoms with E-state index in [-0.39, 0.29) is 6.04 Å². The van der Waals surface area contributed by atoms with E-state index in [1.807, 2.05) is 0 Å². The van der Waals surface area contributed by atoms with Gasteiger partial charge in [0.1, 0.15) is 0 Å². The molecule has 1 amide bonds. The first-order chi connectivity index (χ1) is 8.31. The van der Waals surface area contributed by atoms with Crippen LogP contribution in [0.3, 0.4) is 0 Å². The van der Waals surface area contributed by atoms with Gasteiger partial charge in [0.15, 0.2) is 0 Å². The van der Waals surface area contributed by atoms with Gasteiger partial charge in [-0.15, -0.1) is 0 Å². The van der Waals surface area contributed by atoms with Crippen molar-refractivity contribution in [3.05, 3.63) is 0 Å². The molecule has 98 valence electrons. The highest BCUT2D eigenvalue weighted by Gasteiger charge is 2.31. The first-order valence-corrected chi connectivity index (χ1v) is 7.35. The number of carbonyl (C=O) groups is 1. The molecule has 0 aromatic heterocycles. The maximum atomic E-state index is 12.2. The van der Waals surface area contributed by atoms with Crippen molar-refractivity contribution in [2.45, 2.75) is 70.4 Å². The van der Waals surface area contributed by atoms with Crippen LogP contribution in [-0.4, -0.2) is 36.0 Å². The lowest BCUT2D eigenvalue weighted by Gasteiger charge is -2.28.